The number of aromatic hydroxyl groups is 1. The zero-order chi connectivity index (χ0) is 18.8. The van der Waals surface area contributed by atoms with Crippen molar-refractivity contribution in [2.45, 2.75) is 59.0 Å². The van der Waals surface area contributed by atoms with Crippen LogP contribution in [0.5, 0.6) is 11.5 Å². The van der Waals surface area contributed by atoms with Gasteiger partial charge in [-0.2, -0.15) is 0 Å². The molecule has 1 N–H and O–H groups in total. The summed E-state index contributed by atoms with van der Waals surface area (Å²) < 4.78 is 5.93. The van der Waals surface area contributed by atoms with E-state index in [4.69, 9.17) is 4.74 Å². The lowest BCUT2D eigenvalue weighted by atomic mass is 9.79. The SMILES string of the molecule is CC(C)(C)c1ccc(C(C)(C)C)c(COc2ccc(O)cc2C=O)c1. The number of hydrogen-bond acceptors (Lipinski definition) is 3. The summed E-state index contributed by atoms with van der Waals surface area (Å²) in [6.45, 7) is 13.5. The molecule has 134 valence electrons. The Bertz CT molecular complexity index is 762. The molecular weight excluding hydrogens is 312 g/mol. The normalized spacial score (nSPS) is 12.1. The lowest BCUT2D eigenvalue weighted by molar-refractivity contribution is 0.111. The zero-order valence-electron chi connectivity index (χ0n) is 16.0. The lowest BCUT2D eigenvalue weighted by Crippen LogP contribution is -2.18. The first kappa shape index (κ1) is 19.0. The summed E-state index contributed by atoms with van der Waals surface area (Å²) in [5.74, 6) is 0.536. The molecule has 3 nitrogen and oxygen atoms in total. The van der Waals surface area contributed by atoms with Crippen molar-refractivity contribution in [1.82, 2.24) is 0 Å². The minimum atomic E-state index is -0.00243. The monoisotopic (exact) mass is 340 g/mol. The summed E-state index contributed by atoms with van der Waals surface area (Å²) in [7, 11) is 0. The Morgan fingerprint density at radius 1 is 0.960 bits per heavy atom. The molecule has 0 unspecified atom stereocenters. The number of phenols is 1. The number of carbonyl (C=O) groups is 1. The Kier molecular flexibility index (Phi) is 5.26. The number of phenolic OH excluding ortho intramolecular Hbond substituents is 1. The number of aldehydes is 1. The van der Waals surface area contributed by atoms with Crippen molar-refractivity contribution >= 4 is 6.29 Å². The number of rotatable bonds is 4. The van der Waals surface area contributed by atoms with E-state index in [9.17, 15) is 9.90 Å². The van der Waals surface area contributed by atoms with Gasteiger partial charge in [0.05, 0.1) is 5.56 Å². The zero-order valence-corrected chi connectivity index (χ0v) is 16.0. The van der Waals surface area contributed by atoms with Crippen molar-refractivity contribution in [1.29, 1.82) is 0 Å². The van der Waals surface area contributed by atoms with Crippen LogP contribution >= 0.6 is 0 Å². The smallest absolute Gasteiger partial charge is 0.153 e. The molecule has 0 saturated carbocycles. The second-order valence-corrected chi connectivity index (χ2v) is 8.50. The molecule has 0 bridgehead atoms. The van der Waals surface area contributed by atoms with Gasteiger partial charge in [0.15, 0.2) is 6.29 Å². The molecule has 0 aliphatic rings. The topological polar surface area (TPSA) is 46.5 Å². The maximum atomic E-state index is 11.2. The average molecular weight is 340 g/mol. The molecule has 0 spiro atoms. The van der Waals surface area contributed by atoms with Crippen molar-refractivity contribution in [3.05, 3.63) is 58.7 Å². The van der Waals surface area contributed by atoms with Gasteiger partial charge in [0.1, 0.15) is 18.1 Å². The van der Waals surface area contributed by atoms with Crippen molar-refractivity contribution in [3.63, 3.8) is 0 Å². The first-order chi connectivity index (χ1) is 11.5. The number of benzene rings is 2. The highest BCUT2D eigenvalue weighted by Gasteiger charge is 2.22. The molecule has 0 radical (unpaired) electrons. The molecule has 2 rings (SSSR count). The summed E-state index contributed by atoms with van der Waals surface area (Å²) >= 11 is 0. The van der Waals surface area contributed by atoms with Crippen molar-refractivity contribution in [3.8, 4) is 11.5 Å². The van der Waals surface area contributed by atoms with Gasteiger partial charge < -0.3 is 9.84 Å². The van der Waals surface area contributed by atoms with Gasteiger partial charge in [-0.25, -0.2) is 0 Å². The number of ether oxygens (including phenoxy) is 1. The molecule has 3 heteroatoms. The Morgan fingerprint density at radius 2 is 1.64 bits per heavy atom. The molecule has 0 aliphatic heterocycles. The van der Waals surface area contributed by atoms with Gasteiger partial charge in [-0.15, -0.1) is 0 Å². The molecule has 0 amide bonds. The average Bonchev–Trinajstić information content (AvgIpc) is 2.51. The fraction of sp³-hybridized carbons (Fsp3) is 0.409. The predicted molar refractivity (Wildman–Crippen MR) is 102 cm³/mol. The highest BCUT2D eigenvalue weighted by Crippen LogP contribution is 2.32. The van der Waals surface area contributed by atoms with Crippen molar-refractivity contribution in [2.75, 3.05) is 0 Å². The molecule has 0 aromatic heterocycles. The van der Waals surface area contributed by atoms with Gasteiger partial charge in [-0.05, 0) is 45.7 Å². The van der Waals surface area contributed by atoms with Crippen molar-refractivity contribution in [2.24, 2.45) is 0 Å². The molecule has 2 aromatic rings. The summed E-state index contributed by atoms with van der Waals surface area (Å²) in [5, 5.41) is 9.52. The molecular formula is C22H28O3. The van der Waals surface area contributed by atoms with Crippen molar-refractivity contribution < 1.29 is 14.6 Å². The second kappa shape index (κ2) is 6.91. The molecule has 25 heavy (non-hydrogen) atoms. The molecule has 2 aromatic carbocycles. The minimum absolute atomic E-state index is 0.00243. The third-order valence-corrected chi connectivity index (χ3v) is 4.28. The van der Waals surface area contributed by atoms with Gasteiger partial charge in [-0.1, -0.05) is 59.7 Å². The second-order valence-electron chi connectivity index (χ2n) is 8.50. The Hall–Kier alpha value is -2.29. The van der Waals surface area contributed by atoms with Crippen LogP contribution in [0.15, 0.2) is 36.4 Å². The van der Waals surface area contributed by atoms with Gasteiger partial charge in [-0.3, -0.25) is 4.79 Å². The summed E-state index contributed by atoms with van der Waals surface area (Å²) in [5.41, 5.74) is 4.00. The number of carbonyl (C=O) groups excluding carboxylic acids is 1. The van der Waals surface area contributed by atoms with E-state index in [1.165, 1.54) is 23.3 Å². The van der Waals surface area contributed by atoms with E-state index in [0.717, 1.165) is 5.56 Å². The summed E-state index contributed by atoms with van der Waals surface area (Å²) in [6.07, 6.45) is 0.700. The predicted octanol–water partition coefficient (Wildman–Crippen LogP) is 5.38. The minimum Gasteiger partial charge on any atom is -0.508 e. The first-order valence-electron chi connectivity index (χ1n) is 8.57. The van der Waals surface area contributed by atoms with E-state index in [2.05, 4.69) is 59.7 Å². The molecule has 0 atom stereocenters. The quantitative estimate of drug-likeness (QED) is 0.760. The van der Waals surface area contributed by atoms with Crippen LogP contribution in [0, 0.1) is 0 Å². The van der Waals surface area contributed by atoms with Gasteiger partial charge in [0.25, 0.3) is 0 Å². The maximum Gasteiger partial charge on any atom is 0.153 e. The van der Waals surface area contributed by atoms with Crippen LogP contribution in [0.2, 0.25) is 0 Å². The van der Waals surface area contributed by atoms with E-state index in [1.54, 1.807) is 6.07 Å². The first-order valence-corrected chi connectivity index (χ1v) is 8.57. The number of hydrogen-bond donors (Lipinski definition) is 1. The highest BCUT2D eigenvalue weighted by molar-refractivity contribution is 5.80. The van der Waals surface area contributed by atoms with Crippen LogP contribution in [0.25, 0.3) is 0 Å². The van der Waals surface area contributed by atoms with E-state index in [-0.39, 0.29) is 16.6 Å². The molecule has 0 heterocycles. The molecule has 0 fully saturated rings. The van der Waals surface area contributed by atoms with Crippen LogP contribution in [-0.2, 0) is 17.4 Å². The fourth-order valence-corrected chi connectivity index (χ4v) is 2.83. The van der Waals surface area contributed by atoms with E-state index < -0.39 is 0 Å². The lowest BCUT2D eigenvalue weighted by Gasteiger charge is -2.27. The van der Waals surface area contributed by atoms with Crippen LogP contribution in [0.1, 0.15) is 68.6 Å². The summed E-state index contributed by atoms with van der Waals surface area (Å²) in [4.78, 5) is 11.2. The van der Waals surface area contributed by atoms with Gasteiger partial charge >= 0.3 is 0 Å². The van der Waals surface area contributed by atoms with Gasteiger partial charge in [0, 0.05) is 0 Å². The third kappa shape index (κ3) is 4.62. The maximum absolute atomic E-state index is 11.2. The van der Waals surface area contributed by atoms with Crippen LogP contribution in [-0.4, -0.2) is 11.4 Å². The van der Waals surface area contributed by atoms with Gasteiger partial charge in [0.2, 0.25) is 0 Å². The fourth-order valence-electron chi connectivity index (χ4n) is 2.83. The Morgan fingerprint density at radius 3 is 2.20 bits per heavy atom. The largest absolute Gasteiger partial charge is 0.508 e. The standard InChI is InChI=1S/C22H28O3/c1-21(2,3)17-7-9-19(22(4,5)6)16(11-17)14-25-20-10-8-18(24)12-15(20)13-23/h7-13,24H,14H2,1-6H3. The van der Waals surface area contributed by atoms with Crippen LogP contribution in [0.3, 0.4) is 0 Å². The molecule has 0 saturated heterocycles. The van der Waals surface area contributed by atoms with E-state index in [1.807, 2.05) is 0 Å². The Balaban J connectivity index is 2.38. The van der Waals surface area contributed by atoms with Crippen LogP contribution in [0.4, 0.5) is 0 Å². The molecule has 0 aliphatic carbocycles. The third-order valence-electron chi connectivity index (χ3n) is 4.28. The van der Waals surface area contributed by atoms with Crippen LogP contribution < -0.4 is 4.74 Å². The highest BCUT2D eigenvalue weighted by atomic mass is 16.5. The Labute approximate surface area is 150 Å². The summed E-state index contributed by atoms with van der Waals surface area (Å²) in [6, 6.07) is 11.1. The van der Waals surface area contributed by atoms with E-state index >= 15 is 0 Å². The van der Waals surface area contributed by atoms with E-state index in [0.29, 0.717) is 24.2 Å².